The normalized spacial score (nSPS) is 16.9. The average Bonchev–Trinajstić information content (AvgIpc) is 3.14. The van der Waals surface area contributed by atoms with Gasteiger partial charge in [0, 0.05) is 23.4 Å². The van der Waals surface area contributed by atoms with Gasteiger partial charge in [0.25, 0.3) is 17.4 Å². The molecule has 9 nitrogen and oxygen atoms in total. The number of ether oxygens (including phenoxy) is 2. The number of Topliss-reactive ketones (excluding diaryl/α,β-unsaturated/α-hetero) is 1. The molecule has 9 heteroatoms. The Morgan fingerprint density at radius 2 is 1.57 bits per heavy atom. The first-order valence-corrected chi connectivity index (χ1v) is 10.8. The van der Waals surface area contributed by atoms with Crippen LogP contribution in [0.3, 0.4) is 0 Å². The van der Waals surface area contributed by atoms with E-state index < -0.39 is 22.7 Å². The molecule has 1 amide bonds. The predicted molar refractivity (Wildman–Crippen MR) is 128 cm³/mol. The second-order valence-electron chi connectivity index (χ2n) is 7.67. The summed E-state index contributed by atoms with van der Waals surface area (Å²) in [6.07, 6.45) is 0. The van der Waals surface area contributed by atoms with Crippen LogP contribution in [0.2, 0.25) is 0 Å². The van der Waals surface area contributed by atoms with Crippen molar-refractivity contribution in [2.45, 2.75) is 13.0 Å². The molecule has 1 saturated heterocycles. The molecule has 0 aliphatic carbocycles. The molecule has 35 heavy (non-hydrogen) atoms. The molecule has 3 aromatic carbocycles. The quantitative estimate of drug-likeness (QED) is 0.174. The van der Waals surface area contributed by atoms with Crippen molar-refractivity contribution in [1.82, 2.24) is 0 Å². The molecule has 1 N–H and O–H groups in total. The van der Waals surface area contributed by atoms with Gasteiger partial charge in [0.1, 0.15) is 17.3 Å². The summed E-state index contributed by atoms with van der Waals surface area (Å²) in [6.45, 7) is 2.32. The second kappa shape index (κ2) is 9.68. The van der Waals surface area contributed by atoms with Gasteiger partial charge in [-0.25, -0.2) is 0 Å². The van der Waals surface area contributed by atoms with E-state index in [0.717, 1.165) is 0 Å². The van der Waals surface area contributed by atoms with Crippen LogP contribution in [0.4, 0.5) is 11.4 Å². The van der Waals surface area contributed by atoms with E-state index in [9.17, 15) is 24.8 Å². The highest BCUT2D eigenvalue weighted by Crippen LogP contribution is 2.42. The van der Waals surface area contributed by atoms with Crippen molar-refractivity contribution < 1.29 is 29.1 Å². The molecule has 0 spiro atoms. The maximum absolute atomic E-state index is 13.2. The van der Waals surface area contributed by atoms with Crippen molar-refractivity contribution in [2.24, 2.45) is 0 Å². The van der Waals surface area contributed by atoms with Gasteiger partial charge < -0.3 is 14.6 Å². The zero-order valence-electron chi connectivity index (χ0n) is 19.0. The number of ketones is 1. The van der Waals surface area contributed by atoms with Crippen molar-refractivity contribution in [1.29, 1.82) is 0 Å². The lowest BCUT2D eigenvalue weighted by Crippen LogP contribution is -2.29. The third kappa shape index (κ3) is 4.43. The van der Waals surface area contributed by atoms with Crippen molar-refractivity contribution in [2.75, 3.05) is 18.6 Å². The van der Waals surface area contributed by atoms with Crippen LogP contribution in [0, 0.1) is 10.1 Å². The Morgan fingerprint density at radius 1 is 0.971 bits per heavy atom. The first-order valence-electron chi connectivity index (χ1n) is 10.8. The molecule has 1 unspecified atom stereocenters. The van der Waals surface area contributed by atoms with Crippen molar-refractivity contribution >= 4 is 28.8 Å². The van der Waals surface area contributed by atoms with Gasteiger partial charge in [-0.05, 0) is 73.2 Å². The van der Waals surface area contributed by atoms with E-state index in [2.05, 4.69) is 0 Å². The minimum absolute atomic E-state index is 0.121. The molecule has 0 radical (unpaired) electrons. The molecule has 178 valence electrons. The van der Waals surface area contributed by atoms with E-state index >= 15 is 0 Å². The number of benzene rings is 3. The fraction of sp³-hybridized carbons (Fsp3) is 0.154. The zero-order valence-corrected chi connectivity index (χ0v) is 19.0. The summed E-state index contributed by atoms with van der Waals surface area (Å²) in [7, 11) is 1.51. The predicted octanol–water partition coefficient (Wildman–Crippen LogP) is 4.63. The maximum Gasteiger partial charge on any atom is 0.300 e. The van der Waals surface area contributed by atoms with Crippen LogP contribution in [0.15, 0.2) is 78.4 Å². The number of aliphatic hydroxyl groups excluding tert-OH is 1. The van der Waals surface area contributed by atoms with E-state index in [-0.39, 0.29) is 17.0 Å². The first-order chi connectivity index (χ1) is 16.8. The van der Waals surface area contributed by atoms with Crippen LogP contribution >= 0.6 is 0 Å². The largest absolute Gasteiger partial charge is 0.507 e. The molecular formula is C26H22N2O7. The summed E-state index contributed by atoms with van der Waals surface area (Å²) in [4.78, 5) is 38.2. The van der Waals surface area contributed by atoms with Gasteiger partial charge in [-0.3, -0.25) is 24.6 Å². The third-order valence-electron chi connectivity index (χ3n) is 5.65. The van der Waals surface area contributed by atoms with E-state index in [1.54, 1.807) is 48.5 Å². The molecule has 1 atom stereocenters. The van der Waals surface area contributed by atoms with E-state index in [1.807, 2.05) is 6.92 Å². The number of carbonyl (C=O) groups excluding carboxylic acids is 2. The summed E-state index contributed by atoms with van der Waals surface area (Å²) in [5.41, 5.74) is 0.902. The summed E-state index contributed by atoms with van der Waals surface area (Å²) in [6, 6.07) is 17.5. The van der Waals surface area contributed by atoms with Gasteiger partial charge in [0.05, 0.1) is 30.3 Å². The molecule has 1 fully saturated rings. The van der Waals surface area contributed by atoms with Crippen LogP contribution in [0.5, 0.6) is 11.5 Å². The van der Waals surface area contributed by atoms with Crippen LogP contribution in [0.25, 0.3) is 5.76 Å². The lowest BCUT2D eigenvalue weighted by molar-refractivity contribution is -0.384. The maximum atomic E-state index is 13.2. The summed E-state index contributed by atoms with van der Waals surface area (Å²) < 4.78 is 10.6. The Kier molecular flexibility index (Phi) is 6.50. The van der Waals surface area contributed by atoms with Crippen LogP contribution in [-0.4, -0.2) is 35.4 Å². The van der Waals surface area contributed by atoms with Gasteiger partial charge in [-0.1, -0.05) is 0 Å². The second-order valence-corrected chi connectivity index (χ2v) is 7.67. The van der Waals surface area contributed by atoms with Crippen LogP contribution in [-0.2, 0) is 9.59 Å². The topological polar surface area (TPSA) is 119 Å². The number of methoxy groups -OCH3 is 1. The van der Waals surface area contributed by atoms with E-state index in [0.29, 0.717) is 34.9 Å². The van der Waals surface area contributed by atoms with Crippen molar-refractivity contribution in [3.05, 3.63) is 99.6 Å². The monoisotopic (exact) mass is 474 g/mol. The number of carbonyl (C=O) groups is 2. The minimum Gasteiger partial charge on any atom is -0.507 e. The summed E-state index contributed by atoms with van der Waals surface area (Å²) in [5, 5.41) is 22.3. The zero-order chi connectivity index (χ0) is 25.1. The smallest absolute Gasteiger partial charge is 0.300 e. The van der Waals surface area contributed by atoms with E-state index in [4.69, 9.17) is 9.47 Å². The van der Waals surface area contributed by atoms with Gasteiger partial charge in [0.2, 0.25) is 0 Å². The highest BCUT2D eigenvalue weighted by molar-refractivity contribution is 6.51. The number of rotatable bonds is 7. The number of nitro groups is 1. The van der Waals surface area contributed by atoms with Gasteiger partial charge in [-0.2, -0.15) is 0 Å². The minimum atomic E-state index is -1.00. The van der Waals surface area contributed by atoms with Crippen LogP contribution < -0.4 is 14.4 Å². The molecular weight excluding hydrogens is 452 g/mol. The van der Waals surface area contributed by atoms with Crippen LogP contribution in [0.1, 0.15) is 24.1 Å². The SMILES string of the molecule is CCOc1ccc(C(O)=C2C(=O)C(=O)N(c3ccc(OC)cc3)C2c2ccc([N+](=O)[O-])cc2)cc1. The fourth-order valence-electron chi connectivity index (χ4n) is 3.97. The fourth-order valence-corrected chi connectivity index (χ4v) is 3.97. The molecule has 0 bridgehead atoms. The molecule has 3 aromatic rings. The van der Waals surface area contributed by atoms with Crippen molar-refractivity contribution in [3.8, 4) is 11.5 Å². The number of nitro benzene ring substituents is 1. The average molecular weight is 474 g/mol. The summed E-state index contributed by atoms with van der Waals surface area (Å²) >= 11 is 0. The van der Waals surface area contributed by atoms with Crippen molar-refractivity contribution in [3.63, 3.8) is 0 Å². The first kappa shape index (κ1) is 23.5. The molecule has 4 rings (SSSR count). The van der Waals surface area contributed by atoms with Gasteiger partial charge in [-0.15, -0.1) is 0 Å². The Labute approximate surface area is 201 Å². The Hall–Kier alpha value is -4.66. The number of amides is 1. The lowest BCUT2D eigenvalue weighted by Gasteiger charge is -2.25. The Morgan fingerprint density at radius 3 is 2.11 bits per heavy atom. The third-order valence-corrected chi connectivity index (χ3v) is 5.65. The number of anilines is 1. The summed E-state index contributed by atoms with van der Waals surface area (Å²) in [5.74, 6) is -0.895. The molecule has 1 aliphatic rings. The highest BCUT2D eigenvalue weighted by atomic mass is 16.6. The van der Waals surface area contributed by atoms with Gasteiger partial charge >= 0.3 is 0 Å². The van der Waals surface area contributed by atoms with Gasteiger partial charge in [0.15, 0.2) is 0 Å². The van der Waals surface area contributed by atoms with E-state index in [1.165, 1.54) is 36.3 Å². The number of nitrogens with zero attached hydrogens (tertiary/aromatic N) is 2. The number of hydrogen-bond donors (Lipinski definition) is 1. The number of aliphatic hydroxyl groups is 1. The number of hydrogen-bond acceptors (Lipinski definition) is 7. The molecule has 0 saturated carbocycles. The molecule has 1 heterocycles. The Bertz CT molecular complexity index is 1300. The standard InChI is InChI=1S/C26H22N2O7/c1-3-35-21-12-6-17(7-13-21)24(29)22-23(16-4-8-19(9-5-16)28(32)33)27(26(31)25(22)30)18-10-14-20(34-2)15-11-18/h4-15,23,29H,3H2,1-2H3. The number of non-ortho nitro benzene ring substituents is 1. The lowest BCUT2D eigenvalue weighted by atomic mass is 9.95. The Balaban J connectivity index is 1.87. The molecule has 0 aromatic heterocycles. The molecule has 1 aliphatic heterocycles. The highest BCUT2D eigenvalue weighted by Gasteiger charge is 2.47.